The monoisotopic (exact) mass is 376 g/mol. The first-order chi connectivity index (χ1) is 12.9. The molecule has 2 atom stereocenters. The summed E-state index contributed by atoms with van der Waals surface area (Å²) >= 11 is 0. The van der Waals surface area contributed by atoms with Crippen molar-refractivity contribution in [3.8, 4) is 0 Å². The number of hydrogen-bond acceptors (Lipinski definition) is 6. The van der Waals surface area contributed by atoms with Gasteiger partial charge in [-0.25, -0.2) is 0 Å². The fraction of sp³-hybridized carbons (Fsp3) is 0.550. The van der Waals surface area contributed by atoms with E-state index in [2.05, 4.69) is 24.1 Å². The Morgan fingerprint density at radius 2 is 2.07 bits per heavy atom. The number of methoxy groups -OCH3 is 1. The lowest BCUT2D eigenvalue weighted by Gasteiger charge is -2.35. The minimum absolute atomic E-state index is 0.0290. The molecule has 27 heavy (non-hydrogen) atoms. The molecule has 0 amide bonds. The summed E-state index contributed by atoms with van der Waals surface area (Å²) in [4.78, 5) is 15.4. The Kier molecular flexibility index (Phi) is 6.16. The molecule has 1 aromatic heterocycles. The Hall–Kier alpha value is -1.93. The van der Waals surface area contributed by atoms with Crippen molar-refractivity contribution in [2.45, 2.75) is 45.2 Å². The molecule has 0 bridgehead atoms. The van der Waals surface area contributed by atoms with E-state index in [1.54, 1.807) is 0 Å². The van der Waals surface area contributed by atoms with Gasteiger partial charge in [-0.15, -0.1) is 0 Å². The van der Waals surface area contributed by atoms with Crippen molar-refractivity contribution in [2.24, 2.45) is 5.41 Å². The van der Waals surface area contributed by atoms with Crippen LogP contribution in [0.25, 0.3) is 10.9 Å². The van der Waals surface area contributed by atoms with Gasteiger partial charge in [0.15, 0.2) is 6.29 Å². The van der Waals surface area contributed by atoms with E-state index in [0.29, 0.717) is 19.6 Å². The summed E-state index contributed by atoms with van der Waals surface area (Å²) in [6, 6.07) is 7.21. The molecule has 1 saturated heterocycles. The second-order valence-electron chi connectivity index (χ2n) is 7.77. The number of H-pyrrole nitrogens is 1. The van der Waals surface area contributed by atoms with E-state index in [1.807, 2.05) is 30.5 Å². The van der Waals surface area contributed by atoms with Crippen molar-refractivity contribution in [1.29, 1.82) is 0 Å². The Morgan fingerprint density at radius 3 is 2.78 bits per heavy atom. The predicted octanol–water partition coefficient (Wildman–Crippen LogP) is 1.95. The number of para-hydroxylation sites is 1. The van der Waals surface area contributed by atoms with Crippen LogP contribution in [0, 0.1) is 5.41 Å². The number of ether oxygens (including phenoxy) is 3. The van der Waals surface area contributed by atoms with Crippen LogP contribution in [-0.2, 0) is 25.4 Å². The van der Waals surface area contributed by atoms with E-state index >= 15 is 0 Å². The number of esters is 1. The van der Waals surface area contributed by atoms with Crippen molar-refractivity contribution in [3.05, 3.63) is 36.0 Å². The van der Waals surface area contributed by atoms with E-state index in [0.717, 1.165) is 16.5 Å². The van der Waals surface area contributed by atoms with Crippen molar-refractivity contribution >= 4 is 16.9 Å². The summed E-state index contributed by atoms with van der Waals surface area (Å²) < 4.78 is 16.2. The minimum Gasteiger partial charge on any atom is -0.468 e. The van der Waals surface area contributed by atoms with E-state index in [-0.39, 0.29) is 11.8 Å². The SMILES string of the molecule is COC(=O)[C@H](Cc1c[nH]c2ccccc12)NC(O)CC1OCC(C)(C)CO1. The Labute approximate surface area is 159 Å². The molecule has 0 saturated carbocycles. The zero-order valence-corrected chi connectivity index (χ0v) is 16.0. The average molecular weight is 376 g/mol. The van der Waals surface area contributed by atoms with Gasteiger partial charge >= 0.3 is 5.97 Å². The summed E-state index contributed by atoms with van der Waals surface area (Å²) in [5, 5.41) is 14.4. The molecule has 1 aliphatic rings. The zero-order chi connectivity index (χ0) is 19.4. The first kappa shape index (κ1) is 19.8. The smallest absolute Gasteiger partial charge is 0.323 e. The van der Waals surface area contributed by atoms with Gasteiger partial charge in [0, 0.05) is 35.4 Å². The number of aliphatic hydroxyl groups is 1. The van der Waals surface area contributed by atoms with E-state index < -0.39 is 24.5 Å². The molecule has 148 valence electrons. The first-order valence-corrected chi connectivity index (χ1v) is 9.18. The van der Waals surface area contributed by atoms with Crippen molar-refractivity contribution in [3.63, 3.8) is 0 Å². The number of aliphatic hydroxyl groups excluding tert-OH is 1. The maximum Gasteiger partial charge on any atom is 0.323 e. The number of aromatic amines is 1. The van der Waals surface area contributed by atoms with Crippen LogP contribution in [0.3, 0.4) is 0 Å². The fourth-order valence-corrected chi connectivity index (χ4v) is 3.22. The van der Waals surface area contributed by atoms with Crippen LogP contribution in [-0.4, -0.2) is 54.9 Å². The number of hydrogen-bond donors (Lipinski definition) is 3. The predicted molar refractivity (Wildman–Crippen MR) is 101 cm³/mol. The van der Waals surface area contributed by atoms with Crippen LogP contribution in [0.1, 0.15) is 25.8 Å². The van der Waals surface area contributed by atoms with Gasteiger partial charge in [0.05, 0.1) is 20.3 Å². The number of carbonyl (C=O) groups is 1. The van der Waals surface area contributed by atoms with Gasteiger partial charge in [-0.1, -0.05) is 32.0 Å². The molecule has 1 aromatic carbocycles. The second-order valence-corrected chi connectivity index (χ2v) is 7.77. The number of carbonyl (C=O) groups excluding carboxylic acids is 1. The standard InChI is InChI=1S/C20H28N2O5/c1-20(2)11-26-18(27-12-20)9-17(23)22-16(19(24)25-3)8-13-10-21-15-7-5-4-6-14(13)15/h4-7,10,16-18,21-23H,8-9,11-12H2,1-3H3/t16-,17?/m0/s1. The Bertz CT molecular complexity index is 763. The molecule has 0 aliphatic carbocycles. The van der Waals surface area contributed by atoms with Crippen LogP contribution in [0.15, 0.2) is 30.5 Å². The highest BCUT2D eigenvalue weighted by Crippen LogP contribution is 2.25. The molecular formula is C20H28N2O5. The van der Waals surface area contributed by atoms with E-state index in [1.165, 1.54) is 7.11 Å². The Balaban J connectivity index is 1.62. The molecule has 7 nitrogen and oxygen atoms in total. The number of rotatable bonds is 7. The van der Waals surface area contributed by atoms with Gasteiger partial charge in [-0.3, -0.25) is 10.1 Å². The highest BCUT2D eigenvalue weighted by molar-refractivity contribution is 5.84. The van der Waals surface area contributed by atoms with Crippen molar-refractivity contribution < 1.29 is 24.1 Å². The zero-order valence-electron chi connectivity index (χ0n) is 16.0. The summed E-state index contributed by atoms with van der Waals surface area (Å²) in [6.45, 7) is 5.26. The lowest BCUT2D eigenvalue weighted by atomic mass is 9.95. The van der Waals surface area contributed by atoms with Gasteiger partial charge in [-0.05, 0) is 11.6 Å². The van der Waals surface area contributed by atoms with E-state index in [9.17, 15) is 9.90 Å². The molecule has 1 aliphatic heterocycles. The van der Waals surface area contributed by atoms with Crippen LogP contribution in [0.5, 0.6) is 0 Å². The third-order valence-electron chi connectivity index (χ3n) is 4.71. The Morgan fingerprint density at radius 1 is 1.37 bits per heavy atom. The van der Waals surface area contributed by atoms with Crippen LogP contribution in [0.2, 0.25) is 0 Å². The third-order valence-corrected chi connectivity index (χ3v) is 4.71. The molecule has 0 spiro atoms. The van der Waals surface area contributed by atoms with Gasteiger partial charge in [-0.2, -0.15) is 0 Å². The highest BCUT2D eigenvalue weighted by atomic mass is 16.7. The molecule has 7 heteroatoms. The quantitative estimate of drug-likeness (QED) is 0.505. The van der Waals surface area contributed by atoms with Gasteiger partial charge in [0.1, 0.15) is 12.3 Å². The molecular weight excluding hydrogens is 348 g/mol. The molecule has 1 fully saturated rings. The molecule has 0 radical (unpaired) electrons. The molecule has 2 heterocycles. The average Bonchev–Trinajstić information content (AvgIpc) is 3.05. The molecule has 3 N–H and O–H groups in total. The number of benzene rings is 1. The highest BCUT2D eigenvalue weighted by Gasteiger charge is 2.31. The van der Waals surface area contributed by atoms with E-state index in [4.69, 9.17) is 14.2 Å². The largest absolute Gasteiger partial charge is 0.468 e. The normalized spacial score (nSPS) is 19.7. The molecule has 1 unspecified atom stereocenters. The molecule has 2 aromatic rings. The lowest BCUT2D eigenvalue weighted by molar-refractivity contribution is -0.232. The minimum atomic E-state index is -0.953. The topological polar surface area (TPSA) is 92.8 Å². The number of fused-ring (bicyclic) bond motifs is 1. The summed E-state index contributed by atoms with van der Waals surface area (Å²) in [6.07, 6.45) is 1.06. The summed E-state index contributed by atoms with van der Waals surface area (Å²) in [5.41, 5.74) is 1.95. The number of aromatic nitrogens is 1. The van der Waals surface area contributed by atoms with Gasteiger partial charge < -0.3 is 24.3 Å². The molecule has 3 rings (SSSR count). The van der Waals surface area contributed by atoms with Crippen molar-refractivity contribution in [1.82, 2.24) is 10.3 Å². The fourth-order valence-electron chi connectivity index (χ4n) is 3.22. The maximum atomic E-state index is 12.2. The second kappa shape index (κ2) is 8.39. The van der Waals surface area contributed by atoms with Crippen LogP contribution < -0.4 is 5.32 Å². The summed E-state index contributed by atoms with van der Waals surface area (Å²) in [7, 11) is 1.34. The van der Waals surface area contributed by atoms with Crippen LogP contribution >= 0.6 is 0 Å². The number of nitrogens with one attached hydrogen (secondary N) is 2. The lowest BCUT2D eigenvalue weighted by Crippen LogP contribution is -2.48. The maximum absolute atomic E-state index is 12.2. The summed E-state index contributed by atoms with van der Waals surface area (Å²) in [5.74, 6) is -0.425. The third kappa shape index (κ3) is 5.07. The van der Waals surface area contributed by atoms with Crippen molar-refractivity contribution in [2.75, 3.05) is 20.3 Å². The first-order valence-electron chi connectivity index (χ1n) is 9.18. The van der Waals surface area contributed by atoms with Gasteiger partial charge in [0.2, 0.25) is 0 Å². The van der Waals surface area contributed by atoms with Gasteiger partial charge in [0.25, 0.3) is 0 Å². The van der Waals surface area contributed by atoms with Crippen LogP contribution in [0.4, 0.5) is 0 Å².